The molecule has 0 fully saturated rings. The summed E-state index contributed by atoms with van der Waals surface area (Å²) in [6.45, 7) is 6.33. The Morgan fingerprint density at radius 1 is 1.41 bits per heavy atom. The maximum atomic E-state index is 10.8. The number of anilines is 1. The number of nitrogens with zero attached hydrogens (tertiary/aromatic N) is 2. The van der Waals surface area contributed by atoms with Crippen LogP contribution in [0.5, 0.6) is 0 Å². The number of hydrogen-bond donors (Lipinski definition) is 1. The number of nitrogens with one attached hydrogen (secondary N) is 1. The summed E-state index contributed by atoms with van der Waals surface area (Å²) in [6.07, 6.45) is 0. The van der Waals surface area contributed by atoms with E-state index in [0.29, 0.717) is 22.0 Å². The van der Waals surface area contributed by atoms with Crippen molar-refractivity contribution < 1.29 is 4.92 Å². The third kappa shape index (κ3) is 3.89. The summed E-state index contributed by atoms with van der Waals surface area (Å²) in [6, 6.07) is 2.95. The molecule has 1 aromatic heterocycles. The van der Waals surface area contributed by atoms with E-state index in [1.165, 1.54) is 12.1 Å². The first-order chi connectivity index (χ1) is 7.93. The molecule has 94 valence electrons. The van der Waals surface area contributed by atoms with Gasteiger partial charge in [0, 0.05) is 18.4 Å². The smallest absolute Gasteiger partial charge is 0.275 e. The molecule has 0 bridgehead atoms. The summed E-state index contributed by atoms with van der Waals surface area (Å²) in [5.74, 6) is 1.02. The molecule has 0 aliphatic carbocycles. The Kier molecular flexibility index (Phi) is 4.74. The summed E-state index contributed by atoms with van der Waals surface area (Å²) in [4.78, 5) is 14.7. The number of rotatable bonds is 5. The van der Waals surface area contributed by atoms with Crippen LogP contribution in [0.1, 0.15) is 20.8 Å². The molecule has 1 heterocycles. The van der Waals surface area contributed by atoms with Crippen molar-refractivity contribution in [1.29, 1.82) is 0 Å². The lowest BCUT2D eigenvalue weighted by molar-refractivity contribution is -0.385. The molecular weight excluding hydrogens is 238 g/mol. The lowest BCUT2D eigenvalue weighted by Crippen LogP contribution is -2.06. The Hall–Kier alpha value is -1.30. The van der Waals surface area contributed by atoms with E-state index in [2.05, 4.69) is 31.1 Å². The summed E-state index contributed by atoms with van der Waals surface area (Å²) in [7, 11) is 1.70. The van der Waals surface area contributed by atoms with Crippen LogP contribution in [0.2, 0.25) is 0 Å². The Bertz CT molecular complexity index is 410. The van der Waals surface area contributed by atoms with E-state index in [1.54, 1.807) is 18.8 Å². The van der Waals surface area contributed by atoms with E-state index in [4.69, 9.17) is 0 Å². The molecule has 1 N–H and O–H groups in total. The second kappa shape index (κ2) is 5.86. The molecule has 0 spiro atoms. The number of nitro groups is 1. The van der Waals surface area contributed by atoms with Crippen LogP contribution in [0.3, 0.4) is 0 Å². The van der Waals surface area contributed by atoms with Crippen LogP contribution in [-0.2, 0) is 0 Å². The van der Waals surface area contributed by atoms with Crippen molar-refractivity contribution in [2.24, 2.45) is 5.92 Å². The van der Waals surface area contributed by atoms with Crippen LogP contribution in [0.15, 0.2) is 17.2 Å². The number of hydrogen-bond acceptors (Lipinski definition) is 5. The van der Waals surface area contributed by atoms with Crippen LogP contribution < -0.4 is 5.32 Å². The van der Waals surface area contributed by atoms with Crippen molar-refractivity contribution in [2.75, 3.05) is 12.4 Å². The predicted octanol–water partition coefficient (Wildman–Crippen LogP) is 3.17. The highest BCUT2D eigenvalue weighted by Gasteiger charge is 2.15. The van der Waals surface area contributed by atoms with Crippen LogP contribution in [0, 0.1) is 16.0 Å². The molecule has 0 saturated carbocycles. The number of pyridine rings is 1. The van der Waals surface area contributed by atoms with E-state index in [9.17, 15) is 10.1 Å². The first-order valence-corrected chi connectivity index (χ1v) is 6.33. The molecule has 0 aliphatic rings. The topological polar surface area (TPSA) is 68.1 Å². The minimum absolute atomic E-state index is 0.0720. The van der Waals surface area contributed by atoms with Crippen molar-refractivity contribution in [2.45, 2.75) is 31.0 Å². The second-order valence-electron chi connectivity index (χ2n) is 4.12. The summed E-state index contributed by atoms with van der Waals surface area (Å²) in [5, 5.41) is 14.7. The molecule has 0 radical (unpaired) electrons. The van der Waals surface area contributed by atoms with Gasteiger partial charge in [0.05, 0.1) is 11.0 Å². The van der Waals surface area contributed by atoms with Gasteiger partial charge in [0.15, 0.2) is 0 Å². The Morgan fingerprint density at radius 2 is 2.06 bits per heavy atom. The highest BCUT2D eigenvalue weighted by molar-refractivity contribution is 7.99. The highest BCUT2D eigenvalue weighted by atomic mass is 32.2. The maximum absolute atomic E-state index is 10.8. The van der Waals surface area contributed by atoms with E-state index in [1.807, 2.05) is 0 Å². The Morgan fingerprint density at radius 3 is 2.53 bits per heavy atom. The van der Waals surface area contributed by atoms with Crippen molar-refractivity contribution in [3.63, 3.8) is 0 Å². The molecular formula is C11H17N3O2S. The lowest BCUT2D eigenvalue weighted by atomic mass is 10.2. The molecule has 1 rings (SSSR count). The van der Waals surface area contributed by atoms with Gasteiger partial charge in [-0.05, 0) is 5.92 Å². The predicted molar refractivity (Wildman–Crippen MR) is 70.6 cm³/mol. The highest BCUT2D eigenvalue weighted by Crippen LogP contribution is 2.30. The molecule has 0 amide bonds. The van der Waals surface area contributed by atoms with Crippen LogP contribution in [0.25, 0.3) is 0 Å². The van der Waals surface area contributed by atoms with Gasteiger partial charge in [-0.3, -0.25) is 10.1 Å². The van der Waals surface area contributed by atoms with E-state index in [0.717, 1.165) is 0 Å². The van der Waals surface area contributed by atoms with Crippen molar-refractivity contribution >= 4 is 23.3 Å². The largest absolute Gasteiger partial charge is 0.373 e. The van der Waals surface area contributed by atoms with Crippen LogP contribution >= 0.6 is 11.8 Å². The monoisotopic (exact) mass is 255 g/mol. The van der Waals surface area contributed by atoms with Gasteiger partial charge >= 0.3 is 0 Å². The normalized spacial score (nSPS) is 12.5. The average molecular weight is 255 g/mol. The average Bonchev–Trinajstić information content (AvgIpc) is 2.28. The zero-order valence-electron chi connectivity index (χ0n) is 10.4. The SMILES string of the molecule is CNc1cc([N+](=O)[O-])cc(SC(C)C(C)C)n1. The van der Waals surface area contributed by atoms with Gasteiger partial charge in [0.2, 0.25) is 0 Å². The van der Waals surface area contributed by atoms with Gasteiger partial charge in [0.25, 0.3) is 5.69 Å². The zero-order chi connectivity index (χ0) is 13.0. The summed E-state index contributed by atoms with van der Waals surface area (Å²) >= 11 is 1.56. The molecule has 0 aliphatic heterocycles. The molecule has 1 atom stereocenters. The molecule has 1 aromatic rings. The van der Waals surface area contributed by atoms with E-state index < -0.39 is 4.92 Å². The quantitative estimate of drug-likeness (QED) is 0.497. The fraction of sp³-hybridized carbons (Fsp3) is 0.545. The Balaban J connectivity index is 2.98. The molecule has 0 saturated heterocycles. The van der Waals surface area contributed by atoms with Crippen molar-refractivity contribution in [1.82, 2.24) is 4.98 Å². The first-order valence-electron chi connectivity index (χ1n) is 5.45. The molecule has 17 heavy (non-hydrogen) atoms. The summed E-state index contributed by atoms with van der Waals surface area (Å²) in [5.41, 5.74) is 0.0720. The third-order valence-corrected chi connectivity index (χ3v) is 3.87. The van der Waals surface area contributed by atoms with Gasteiger partial charge in [-0.15, -0.1) is 11.8 Å². The zero-order valence-corrected chi connectivity index (χ0v) is 11.2. The molecule has 0 aromatic carbocycles. The van der Waals surface area contributed by atoms with Crippen molar-refractivity contribution in [3.05, 3.63) is 22.2 Å². The van der Waals surface area contributed by atoms with Gasteiger partial charge in [-0.1, -0.05) is 20.8 Å². The van der Waals surface area contributed by atoms with Gasteiger partial charge in [-0.25, -0.2) is 4.98 Å². The number of thioether (sulfide) groups is 1. The minimum atomic E-state index is -0.396. The van der Waals surface area contributed by atoms with Crippen LogP contribution in [0.4, 0.5) is 11.5 Å². The number of aromatic nitrogens is 1. The maximum Gasteiger partial charge on any atom is 0.275 e. The van der Waals surface area contributed by atoms with Crippen molar-refractivity contribution in [3.8, 4) is 0 Å². The van der Waals surface area contributed by atoms with Crippen LogP contribution in [-0.4, -0.2) is 22.2 Å². The second-order valence-corrected chi connectivity index (χ2v) is 5.52. The molecule has 1 unspecified atom stereocenters. The fourth-order valence-corrected chi connectivity index (χ4v) is 2.10. The van der Waals surface area contributed by atoms with E-state index in [-0.39, 0.29) is 5.69 Å². The fourth-order valence-electron chi connectivity index (χ4n) is 1.11. The standard InChI is InChI=1S/C11H17N3O2S/c1-7(2)8(3)17-11-6-9(14(15)16)5-10(12-4)13-11/h5-8H,1-4H3,(H,12,13). The van der Waals surface area contributed by atoms with Gasteiger partial charge < -0.3 is 5.32 Å². The third-order valence-electron chi connectivity index (χ3n) is 2.50. The lowest BCUT2D eigenvalue weighted by Gasteiger charge is -2.14. The molecule has 5 nitrogen and oxygen atoms in total. The van der Waals surface area contributed by atoms with E-state index >= 15 is 0 Å². The van der Waals surface area contributed by atoms with Gasteiger partial charge in [-0.2, -0.15) is 0 Å². The summed E-state index contributed by atoms with van der Waals surface area (Å²) < 4.78 is 0. The van der Waals surface area contributed by atoms with Gasteiger partial charge in [0.1, 0.15) is 10.8 Å². The minimum Gasteiger partial charge on any atom is -0.373 e. The molecule has 6 heteroatoms. The Labute approximate surface area is 105 Å². The first kappa shape index (κ1) is 13.8.